The van der Waals surface area contributed by atoms with Crippen LogP contribution >= 0.6 is 0 Å². The Bertz CT molecular complexity index is 388. The molecular weight excluding hydrogens is 236 g/mol. The van der Waals surface area contributed by atoms with Crippen LogP contribution in [0, 0.1) is 5.92 Å². The third kappa shape index (κ3) is 5.60. The second-order valence-corrected chi connectivity index (χ2v) is 5.98. The molecule has 0 aromatic carbocycles. The van der Waals surface area contributed by atoms with Crippen LogP contribution < -0.4 is 10.1 Å². The molecule has 1 atom stereocenters. The quantitative estimate of drug-likeness (QED) is 0.814. The molecule has 0 aliphatic heterocycles. The van der Waals surface area contributed by atoms with E-state index in [1.807, 2.05) is 13.1 Å². The largest absolute Gasteiger partial charge is 0.475 e. The maximum Gasteiger partial charge on any atom is 0.214 e. The number of rotatable bonds is 7. The highest BCUT2D eigenvalue weighted by Crippen LogP contribution is 2.21. The summed E-state index contributed by atoms with van der Waals surface area (Å²) in [6, 6.07) is 4.19. The Labute approximate surface area is 117 Å². The number of hydrogen-bond acceptors (Lipinski definition) is 3. The summed E-state index contributed by atoms with van der Waals surface area (Å²) >= 11 is 0. The van der Waals surface area contributed by atoms with E-state index >= 15 is 0 Å². The topological polar surface area (TPSA) is 34.1 Å². The van der Waals surface area contributed by atoms with Crippen LogP contribution in [0.15, 0.2) is 12.1 Å². The minimum atomic E-state index is 0.206. The van der Waals surface area contributed by atoms with Crippen molar-refractivity contribution in [2.24, 2.45) is 5.92 Å². The van der Waals surface area contributed by atoms with E-state index in [2.05, 4.69) is 51.0 Å². The van der Waals surface area contributed by atoms with Crippen molar-refractivity contribution in [2.75, 3.05) is 7.05 Å². The maximum atomic E-state index is 5.96. The summed E-state index contributed by atoms with van der Waals surface area (Å²) < 4.78 is 5.96. The van der Waals surface area contributed by atoms with E-state index in [0.717, 1.165) is 24.5 Å². The van der Waals surface area contributed by atoms with Crippen LogP contribution in [-0.4, -0.2) is 18.1 Å². The molecule has 0 aliphatic rings. The van der Waals surface area contributed by atoms with Crippen molar-refractivity contribution in [3.05, 3.63) is 23.4 Å². The van der Waals surface area contributed by atoms with Gasteiger partial charge in [-0.1, -0.05) is 27.7 Å². The average molecular weight is 264 g/mol. The number of pyridine rings is 1. The number of aromatic nitrogens is 1. The molecular formula is C16H28N2O. The standard InChI is InChI=1S/C16H28N2O/c1-11(2)7-13(5)19-16-9-14(10-17-6)8-15(18-16)12(3)4/h8-9,11-13,17H,7,10H2,1-6H3. The molecule has 0 amide bonds. The SMILES string of the molecule is CNCc1cc(OC(C)CC(C)C)nc(C(C)C)c1. The lowest BCUT2D eigenvalue weighted by molar-refractivity contribution is 0.185. The van der Waals surface area contributed by atoms with Crippen molar-refractivity contribution in [1.82, 2.24) is 10.3 Å². The van der Waals surface area contributed by atoms with Gasteiger partial charge in [0.05, 0.1) is 6.10 Å². The summed E-state index contributed by atoms with van der Waals surface area (Å²) in [5.74, 6) is 1.81. The molecule has 1 heterocycles. The van der Waals surface area contributed by atoms with Gasteiger partial charge in [-0.15, -0.1) is 0 Å². The predicted octanol–water partition coefficient (Wildman–Crippen LogP) is 3.74. The summed E-state index contributed by atoms with van der Waals surface area (Å²) in [7, 11) is 1.96. The van der Waals surface area contributed by atoms with E-state index in [9.17, 15) is 0 Å². The van der Waals surface area contributed by atoms with E-state index in [1.54, 1.807) is 0 Å². The van der Waals surface area contributed by atoms with E-state index < -0.39 is 0 Å². The lowest BCUT2D eigenvalue weighted by Gasteiger charge is -2.18. The molecule has 0 fully saturated rings. The third-order valence-electron chi connectivity index (χ3n) is 2.98. The molecule has 1 unspecified atom stereocenters. The first-order valence-electron chi connectivity index (χ1n) is 7.24. The summed E-state index contributed by atoms with van der Waals surface area (Å²) in [4.78, 5) is 4.61. The minimum Gasteiger partial charge on any atom is -0.475 e. The first-order chi connectivity index (χ1) is 8.92. The van der Waals surface area contributed by atoms with Crippen LogP contribution in [0.1, 0.15) is 58.2 Å². The number of nitrogens with zero attached hydrogens (tertiary/aromatic N) is 1. The second-order valence-electron chi connectivity index (χ2n) is 5.98. The van der Waals surface area contributed by atoms with E-state index in [4.69, 9.17) is 4.74 Å². The molecule has 0 radical (unpaired) electrons. The normalized spacial score (nSPS) is 13.1. The summed E-state index contributed by atoms with van der Waals surface area (Å²) in [6.07, 6.45) is 1.26. The Morgan fingerprint density at radius 1 is 1.16 bits per heavy atom. The van der Waals surface area contributed by atoms with Gasteiger partial charge in [-0.3, -0.25) is 0 Å². The van der Waals surface area contributed by atoms with Crippen molar-refractivity contribution in [3.63, 3.8) is 0 Å². The first kappa shape index (κ1) is 16.0. The molecule has 3 heteroatoms. The molecule has 1 aromatic heterocycles. The highest BCUT2D eigenvalue weighted by Gasteiger charge is 2.11. The molecule has 108 valence electrons. The monoisotopic (exact) mass is 264 g/mol. The van der Waals surface area contributed by atoms with E-state index in [-0.39, 0.29) is 6.10 Å². The van der Waals surface area contributed by atoms with Crippen LogP contribution in [-0.2, 0) is 6.54 Å². The molecule has 0 saturated carbocycles. The molecule has 0 saturated heterocycles. The van der Waals surface area contributed by atoms with E-state index in [1.165, 1.54) is 5.56 Å². The van der Waals surface area contributed by atoms with Gasteiger partial charge in [0.25, 0.3) is 0 Å². The second kappa shape index (κ2) is 7.49. The molecule has 0 aliphatic carbocycles. The van der Waals surface area contributed by atoms with Crippen LogP contribution in [0.25, 0.3) is 0 Å². The zero-order valence-corrected chi connectivity index (χ0v) is 13.2. The average Bonchev–Trinajstić information content (AvgIpc) is 2.27. The van der Waals surface area contributed by atoms with Crippen LogP contribution in [0.5, 0.6) is 5.88 Å². The van der Waals surface area contributed by atoms with Gasteiger partial charge in [-0.25, -0.2) is 4.98 Å². The van der Waals surface area contributed by atoms with Crippen molar-refractivity contribution in [2.45, 2.75) is 59.6 Å². The number of hydrogen-bond donors (Lipinski definition) is 1. The summed E-state index contributed by atoms with van der Waals surface area (Å²) in [6.45, 7) is 11.7. The molecule has 0 spiro atoms. The Morgan fingerprint density at radius 2 is 1.84 bits per heavy atom. The molecule has 0 bridgehead atoms. The third-order valence-corrected chi connectivity index (χ3v) is 2.98. The van der Waals surface area contributed by atoms with Gasteiger partial charge in [-0.05, 0) is 43.9 Å². The minimum absolute atomic E-state index is 0.206. The molecule has 1 rings (SSSR count). The van der Waals surface area contributed by atoms with Crippen LogP contribution in [0.2, 0.25) is 0 Å². The van der Waals surface area contributed by atoms with Gasteiger partial charge in [0, 0.05) is 18.3 Å². The zero-order chi connectivity index (χ0) is 14.4. The summed E-state index contributed by atoms with van der Waals surface area (Å²) in [5.41, 5.74) is 2.33. The zero-order valence-electron chi connectivity index (χ0n) is 13.2. The first-order valence-corrected chi connectivity index (χ1v) is 7.24. The summed E-state index contributed by atoms with van der Waals surface area (Å²) in [5, 5.41) is 3.18. The van der Waals surface area contributed by atoms with Crippen molar-refractivity contribution < 1.29 is 4.74 Å². The molecule has 19 heavy (non-hydrogen) atoms. The van der Waals surface area contributed by atoms with Crippen molar-refractivity contribution >= 4 is 0 Å². The fourth-order valence-electron chi connectivity index (χ4n) is 2.16. The van der Waals surface area contributed by atoms with Gasteiger partial charge in [0.2, 0.25) is 5.88 Å². The van der Waals surface area contributed by atoms with Crippen molar-refractivity contribution in [1.29, 1.82) is 0 Å². The fraction of sp³-hybridized carbons (Fsp3) is 0.688. The van der Waals surface area contributed by atoms with Gasteiger partial charge < -0.3 is 10.1 Å². The molecule has 1 N–H and O–H groups in total. The Morgan fingerprint density at radius 3 is 2.37 bits per heavy atom. The Kier molecular flexibility index (Phi) is 6.29. The van der Waals surface area contributed by atoms with Crippen LogP contribution in [0.4, 0.5) is 0 Å². The highest BCUT2D eigenvalue weighted by atomic mass is 16.5. The highest BCUT2D eigenvalue weighted by molar-refractivity contribution is 5.26. The molecule has 1 aromatic rings. The van der Waals surface area contributed by atoms with Gasteiger partial charge in [0.1, 0.15) is 0 Å². The van der Waals surface area contributed by atoms with Gasteiger partial charge in [0.15, 0.2) is 0 Å². The van der Waals surface area contributed by atoms with Crippen molar-refractivity contribution in [3.8, 4) is 5.88 Å². The predicted molar refractivity (Wildman–Crippen MR) is 80.6 cm³/mol. The molecule has 3 nitrogen and oxygen atoms in total. The lowest BCUT2D eigenvalue weighted by Crippen LogP contribution is -2.16. The van der Waals surface area contributed by atoms with Crippen LogP contribution in [0.3, 0.4) is 0 Å². The lowest BCUT2D eigenvalue weighted by atomic mass is 10.1. The van der Waals surface area contributed by atoms with E-state index in [0.29, 0.717) is 11.8 Å². The van der Waals surface area contributed by atoms with Gasteiger partial charge in [-0.2, -0.15) is 0 Å². The smallest absolute Gasteiger partial charge is 0.214 e. The Balaban J connectivity index is 2.86. The Hall–Kier alpha value is -1.09. The van der Waals surface area contributed by atoms with Gasteiger partial charge >= 0.3 is 0 Å². The number of ether oxygens (including phenoxy) is 1. The maximum absolute atomic E-state index is 5.96. The number of nitrogens with one attached hydrogen (secondary N) is 1. The fourth-order valence-corrected chi connectivity index (χ4v) is 2.16.